The lowest BCUT2D eigenvalue weighted by molar-refractivity contribution is -0.634. The number of nitrogens with two attached hydrogens (primary N) is 1. The quantitative estimate of drug-likeness (QED) is 0.525. The van der Waals surface area contributed by atoms with Crippen molar-refractivity contribution < 1.29 is 4.57 Å². The molecule has 0 spiro atoms. The largest absolute Gasteiger partial charge is 0.385 e. The number of rotatable bonds is 1. The van der Waals surface area contributed by atoms with Crippen molar-refractivity contribution >= 4 is 32.8 Å². The molecule has 0 aliphatic heterocycles. The normalized spacial score (nSPS) is 11.2. The topological polar surface area (TPSA) is 67.7 Å². The Bertz CT molecular complexity index is 840. The Morgan fingerprint density at radius 2 is 2.05 bits per heavy atom. The molecule has 3 rings (SSSR count). The summed E-state index contributed by atoms with van der Waals surface area (Å²) in [6, 6.07) is 9.41. The first-order chi connectivity index (χ1) is 9.50. The second-order valence-electron chi connectivity index (χ2n) is 4.71. The van der Waals surface area contributed by atoms with Crippen LogP contribution < -0.4 is 15.7 Å². The number of fused-ring (bicyclic) bond motifs is 1. The first-order valence-electron chi connectivity index (χ1n) is 6.13. The van der Waals surface area contributed by atoms with Gasteiger partial charge in [-0.2, -0.15) is 0 Å². The Balaban J connectivity index is 2.45. The van der Waals surface area contributed by atoms with E-state index < -0.39 is 0 Å². The first-order valence-corrected chi connectivity index (χ1v) is 6.92. The fraction of sp³-hybridized carbons (Fsp3) is 0.143. The molecule has 0 aliphatic rings. The van der Waals surface area contributed by atoms with E-state index in [1.165, 1.54) is 6.07 Å². The van der Waals surface area contributed by atoms with Crippen LogP contribution in [0.2, 0.25) is 0 Å². The molecule has 5 nitrogen and oxygen atoms in total. The molecule has 20 heavy (non-hydrogen) atoms. The molecule has 0 amide bonds. The minimum atomic E-state index is -0.116. The minimum absolute atomic E-state index is 0.116. The third kappa shape index (κ3) is 1.76. The Morgan fingerprint density at radius 1 is 1.35 bits per heavy atom. The van der Waals surface area contributed by atoms with Crippen LogP contribution in [0.3, 0.4) is 0 Å². The van der Waals surface area contributed by atoms with Crippen LogP contribution in [0.4, 0.5) is 5.82 Å². The summed E-state index contributed by atoms with van der Waals surface area (Å²) < 4.78 is 4.59. The fourth-order valence-corrected chi connectivity index (χ4v) is 3.18. The van der Waals surface area contributed by atoms with Gasteiger partial charge in [0.15, 0.2) is 16.5 Å². The summed E-state index contributed by atoms with van der Waals surface area (Å²) in [7, 11) is 3.89. The molecule has 0 aliphatic carbocycles. The maximum Gasteiger partial charge on any atom is 0.296 e. The zero-order chi connectivity index (χ0) is 14.4. The lowest BCUT2D eigenvalue weighted by Gasteiger charge is -2.03. The molecule has 0 atom stereocenters. The van der Waals surface area contributed by atoms with Gasteiger partial charge in [0.25, 0.3) is 5.82 Å². The van der Waals surface area contributed by atoms with E-state index in [1.54, 1.807) is 0 Å². The average molecular weight is 334 g/mol. The maximum atomic E-state index is 12.3. The number of anilines is 1. The number of hydrogen-bond donors (Lipinski definition) is 2. The number of imidazole rings is 1. The van der Waals surface area contributed by atoms with E-state index in [9.17, 15) is 4.79 Å². The molecule has 2 heterocycles. The highest BCUT2D eigenvalue weighted by Gasteiger charge is 2.26. The molecule has 0 bridgehead atoms. The maximum absolute atomic E-state index is 12.3. The third-order valence-corrected chi connectivity index (χ3v) is 4.06. The molecule has 2 aromatic heterocycles. The van der Waals surface area contributed by atoms with Gasteiger partial charge in [0.1, 0.15) is 16.0 Å². The van der Waals surface area contributed by atoms with Crippen LogP contribution in [-0.2, 0) is 14.1 Å². The van der Waals surface area contributed by atoms with Gasteiger partial charge < -0.3 is 10.7 Å². The van der Waals surface area contributed by atoms with E-state index in [4.69, 9.17) is 5.73 Å². The number of nitrogens with zero attached hydrogens (tertiary/aromatic N) is 2. The van der Waals surface area contributed by atoms with Gasteiger partial charge in [-0.1, -0.05) is 12.1 Å². The summed E-state index contributed by atoms with van der Waals surface area (Å²) in [5.41, 5.74) is 8.24. The van der Waals surface area contributed by atoms with Gasteiger partial charge >= 0.3 is 0 Å². The molecule has 0 unspecified atom stereocenters. The van der Waals surface area contributed by atoms with Gasteiger partial charge in [-0.05, 0) is 28.1 Å². The van der Waals surface area contributed by atoms with Crippen LogP contribution in [0.5, 0.6) is 0 Å². The molecule has 6 heteroatoms. The van der Waals surface area contributed by atoms with E-state index in [0.717, 1.165) is 16.9 Å². The highest BCUT2D eigenvalue weighted by molar-refractivity contribution is 9.10. The first kappa shape index (κ1) is 12.9. The summed E-state index contributed by atoms with van der Waals surface area (Å²) in [6.07, 6.45) is 0. The van der Waals surface area contributed by atoms with Crippen molar-refractivity contribution in [3.05, 3.63) is 45.2 Å². The van der Waals surface area contributed by atoms with E-state index in [2.05, 4.69) is 20.9 Å². The Kier molecular flexibility index (Phi) is 2.90. The van der Waals surface area contributed by atoms with Crippen LogP contribution in [0.25, 0.3) is 22.4 Å². The molecular weight excluding hydrogens is 320 g/mol. The highest BCUT2D eigenvalue weighted by atomic mass is 79.9. The fourth-order valence-electron chi connectivity index (χ4n) is 2.58. The number of hydrogen-bond acceptors (Lipinski definition) is 2. The molecule has 102 valence electrons. The van der Waals surface area contributed by atoms with Crippen LogP contribution in [0.1, 0.15) is 0 Å². The Hall–Kier alpha value is -2.08. The zero-order valence-corrected chi connectivity index (χ0v) is 12.7. The van der Waals surface area contributed by atoms with Crippen molar-refractivity contribution in [2.45, 2.75) is 0 Å². The number of aromatic nitrogens is 3. The van der Waals surface area contributed by atoms with Crippen LogP contribution >= 0.6 is 15.9 Å². The van der Waals surface area contributed by atoms with E-state index in [0.29, 0.717) is 16.0 Å². The second kappa shape index (κ2) is 4.49. The number of halogens is 1. The van der Waals surface area contributed by atoms with Crippen LogP contribution in [0.15, 0.2) is 39.7 Å². The molecule has 0 fully saturated rings. The predicted octanol–water partition coefficient (Wildman–Crippen LogP) is 1.70. The van der Waals surface area contributed by atoms with Crippen molar-refractivity contribution in [2.24, 2.45) is 14.1 Å². The van der Waals surface area contributed by atoms with Gasteiger partial charge in [-0.15, -0.1) is 0 Å². The van der Waals surface area contributed by atoms with Crippen molar-refractivity contribution in [3.8, 4) is 11.4 Å². The number of benzene rings is 1. The standard InChI is InChI=1S/C14H13BrN4O/c1-18-8-5-3-4-6-9(8)19(2)14(18)12-10(20)7-11(16)17-13(12)15/h3-7H,1-2H3,(H2,16,20)/p+1. The number of aromatic amines is 1. The number of aryl methyl sites for hydroxylation is 2. The van der Waals surface area contributed by atoms with Crippen LogP contribution in [-0.4, -0.2) is 9.55 Å². The molecule has 3 N–H and O–H groups in total. The Morgan fingerprint density at radius 3 is 2.70 bits per heavy atom. The average Bonchev–Trinajstić information content (AvgIpc) is 2.64. The molecule has 0 radical (unpaired) electrons. The molecule has 1 aromatic carbocycles. The number of para-hydroxylation sites is 2. The zero-order valence-electron chi connectivity index (χ0n) is 11.1. The smallest absolute Gasteiger partial charge is 0.296 e. The van der Waals surface area contributed by atoms with Gasteiger partial charge in [-0.3, -0.25) is 4.79 Å². The summed E-state index contributed by atoms with van der Waals surface area (Å²) >= 11 is 3.40. The summed E-state index contributed by atoms with van der Waals surface area (Å²) in [5.74, 6) is 1.16. The van der Waals surface area contributed by atoms with E-state index >= 15 is 0 Å². The highest BCUT2D eigenvalue weighted by Crippen LogP contribution is 2.24. The molecule has 3 aromatic rings. The SMILES string of the molecule is Cn1c(-c2c(Br)[nH]c(N)cc2=O)[n+](C)c2ccccc21. The number of nitrogen functional groups attached to an aromatic ring is 1. The number of nitrogens with one attached hydrogen (secondary N) is 1. The second-order valence-corrected chi connectivity index (χ2v) is 5.50. The van der Waals surface area contributed by atoms with Crippen molar-refractivity contribution in [2.75, 3.05) is 5.73 Å². The van der Waals surface area contributed by atoms with Crippen molar-refractivity contribution in [1.82, 2.24) is 9.55 Å². The van der Waals surface area contributed by atoms with Crippen molar-refractivity contribution in [1.29, 1.82) is 0 Å². The van der Waals surface area contributed by atoms with Crippen molar-refractivity contribution in [3.63, 3.8) is 0 Å². The Labute approximate surface area is 123 Å². The number of H-pyrrole nitrogens is 1. The van der Waals surface area contributed by atoms with E-state index in [-0.39, 0.29) is 5.43 Å². The van der Waals surface area contributed by atoms with Gasteiger partial charge in [0.2, 0.25) is 0 Å². The monoisotopic (exact) mass is 333 g/mol. The predicted molar refractivity (Wildman–Crippen MR) is 82.3 cm³/mol. The molecule has 0 saturated carbocycles. The van der Waals surface area contributed by atoms with Crippen LogP contribution in [0, 0.1) is 0 Å². The number of pyridine rings is 1. The molecule has 0 saturated heterocycles. The summed E-state index contributed by atoms with van der Waals surface area (Å²) in [6.45, 7) is 0. The third-order valence-electron chi connectivity index (χ3n) is 3.47. The minimum Gasteiger partial charge on any atom is -0.385 e. The summed E-state index contributed by atoms with van der Waals surface area (Å²) in [4.78, 5) is 15.2. The molecular formula is C14H14BrN4O+. The van der Waals surface area contributed by atoms with Gasteiger partial charge in [0, 0.05) is 6.07 Å². The summed E-state index contributed by atoms with van der Waals surface area (Å²) in [5, 5.41) is 0. The lowest BCUT2D eigenvalue weighted by atomic mass is 10.2. The van der Waals surface area contributed by atoms with E-state index in [1.807, 2.05) is 47.5 Å². The lowest BCUT2D eigenvalue weighted by Crippen LogP contribution is -2.32. The van der Waals surface area contributed by atoms with Gasteiger partial charge in [0.05, 0.1) is 14.1 Å². The van der Waals surface area contributed by atoms with Gasteiger partial charge in [-0.25, -0.2) is 9.13 Å².